The van der Waals surface area contributed by atoms with Crippen LogP contribution in [0.4, 0.5) is 0 Å². The van der Waals surface area contributed by atoms with Crippen molar-refractivity contribution in [1.82, 2.24) is 5.32 Å². The van der Waals surface area contributed by atoms with Crippen LogP contribution in [0.15, 0.2) is 24.3 Å². The van der Waals surface area contributed by atoms with Gasteiger partial charge in [0.25, 0.3) is 0 Å². The molecule has 0 heterocycles. The van der Waals surface area contributed by atoms with E-state index in [1.807, 2.05) is 6.92 Å². The van der Waals surface area contributed by atoms with Gasteiger partial charge in [0.1, 0.15) is 0 Å². The summed E-state index contributed by atoms with van der Waals surface area (Å²) in [5.41, 5.74) is 1.13. The molecule has 2 rings (SSSR count). The summed E-state index contributed by atoms with van der Waals surface area (Å²) in [6.07, 6.45) is 4.86. The Morgan fingerprint density at radius 1 is 1.22 bits per heavy atom. The number of hydrogen-bond acceptors (Lipinski definition) is 4. The maximum absolute atomic E-state index is 12.4. The number of carbonyl (C=O) groups is 1. The Bertz CT molecular complexity index is 633. The maximum atomic E-state index is 12.4. The van der Waals surface area contributed by atoms with Crippen molar-refractivity contribution in [2.45, 2.75) is 51.2 Å². The molecule has 0 radical (unpaired) electrons. The SMILES string of the molecule is C[C@@H](NC[C@@H](O)CP(=O)(O)CC1CCCCC1)c1ccc(C(=O)O)cc1.[LiH]. The molecule has 0 aromatic heterocycles. The van der Waals surface area contributed by atoms with Crippen LogP contribution in [0.2, 0.25) is 0 Å². The van der Waals surface area contributed by atoms with E-state index in [-0.39, 0.29) is 43.2 Å². The fraction of sp³-hybridized carbons (Fsp3) is 0.632. The summed E-state index contributed by atoms with van der Waals surface area (Å²) in [4.78, 5) is 21.1. The molecule has 0 spiro atoms. The van der Waals surface area contributed by atoms with Gasteiger partial charge in [-0.05, 0) is 43.4 Å². The van der Waals surface area contributed by atoms with Crippen LogP contribution in [0.25, 0.3) is 0 Å². The van der Waals surface area contributed by atoms with Crippen LogP contribution >= 0.6 is 7.37 Å². The third-order valence-corrected chi connectivity index (χ3v) is 7.16. The first kappa shape index (κ1) is 24.4. The van der Waals surface area contributed by atoms with Crippen molar-refractivity contribution in [3.8, 4) is 0 Å². The fourth-order valence-electron chi connectivity index (χ4n) is 3.59. The van der Waals surface area contributed by atoms with Crippen LogP contribution in [0.1, 0.15) is 61.0 Å². The molecule has 0 saturated heterocycles. The first-order chi connectivity index (χ1) is 12.3. The van der Waals surface area contributed by atoms with E-state index in [9.17, 15) is 19.4 Å². The van der Waals surface area contributed by atoms with Gasteiger partial charge in [-0.1, -0.05) is 31.4 Å². The molecule has 1 saturated carbocycles. The average molecular weight is 391 g/mol. The van der Waals surface area contributed by atoms with Crippen molar-refractivity contribution >= 4 is 32.2 Å². The van der Waals surface area contributed by atoms with Gasteiger partial charge in [-0.15, -0.1) is 0 Å². The molecule has 1 aromatic rings. The Balaban J connectivity index is 0.00000364. The van der Waals surface area contributed by atoms with E-state index in [0.29, 0.717) is 12.1 Å². The van der Waals surface area contributed by atoms with Gasteiger partial charge in [-0.3, -0.25) is 4.57 Å². The zero-order valence-corrected chi connectivity index (χ0v) is 16.2. The molecule has 1 fully saturated rings. The molecule has 3 atom stereocenters. The van der Waals surface area contributed by atoms with Crippen molar-refractivity contribution in [1.29, 1.82) is 0 Å². The summed E-state index contributed by atoms with van der Waals surface area (Å²) in [7, 11) is -3.32. The number of aliphatic hydroxyl groups is 1. The Labute approximate surface area is 173 Å². The molecular weight excluding hydrogens is 360 g/mol. The van der Waals surface area contributed by atoms with Gasteiger partial charge in [0.2, 0.25) is 7.37 Å². The number of nitrogens with one attached hydrogen (secondary N) is 1. The molecule has 1 aromatic carbocycles. The van der Waals surface area contributed by atoms with E-state index in [4.69, 9.17) is 5.11 Å². The van der Waals surface area contributed by atoms with E-state index >= 15 is 0 Å². The minimum atomic E-state index is -3.32. The summed E-state index contributed by atoms with van der Waals surface area (Å²) in [6, 6.07) is 6.45. The summed E-state index contributed by atoms with van der Waals surface area (Å²) >= 11 is 0. The molecule has 4 N–H and O–H groups in total. The second kappa shape index (κ2) is 11.4. The number of aliphatic hydroxyl groups excluding tert-OH is 1. The van der Waals surface area contributed by atoms with Gasteiger partial charge in [0.15, 0.2) is 0 Å². The van der Waals surface area contributed by atoms with E-state index in [2.05, 4.69) is 5.32 Å². The van der Waals surface area contributed by atoms with Crippen LogP contribution in [0, 0.1) is 5.92 Å². The van der Waals surface area contributed by atoms with Crippen molar-refractivity contribution in [2.24, 2.45) is 5.92 Å². The Hall–Kier alpha value is -0.603. The van der Waals surface area contributed by atoms with Crippen LogP contribution in [0.5, 0.6) is 0 Å². The number of carboxylic acids is 1. The predicted octanol–water partition coefficient (Wildman–Crippen LogP) is 2.60. The molecule has 6 nitrogen and oxygen atoms in total. The zero-order valence-electron chi connectivity index (χ0n) is 15.3. The molecule has 27 heavy (non-hydrogen) atoms. The quantitative estimate of drug-likeness (QED) is 0.381. The van der Waals surface area contributed by atoms with Gasteiger partial charge < -0.3 is 20.4 Å². The molecule has 1 aliphatic rings. The molecule has 0 bridgehead atoms. The van der Waals surface area contributed by atoms with E-state index < -0.39 is 19.4 Å². The van der Waals surface area contributed by atoms with E-state index in [1.165, 1.54) is 6.42 Å². The summed E-state index contributed by atoms with van der Waals surface area (Å²) in [5.74, 6) is -0.657. The van der Waals surface area contributed by atoms with Gasteiger partial charge in [-0.25, -0.2) is 4.79 Å². The predicted molar refractivity (Wildman–Crippen MR) is 109 cm³/mol. The molecule has 1 unspecified atom stereocenters. The Kier molecular flexibility index (Phi) is 10.3. The number of carboxylic acid groups (broad SMARTS) is 1. The number of aromatic carboxylic acids is 1. The Morgan fingerprint density at radius 3 is 2.37 bits per heavy atom. The molecule has 0 amide bonds. The number of benzene rings is 1. The van der Waals surface area contributed by atoms with Gasteiger partial charge in [0.05, 0.1) is 17.8 Å². The molecular formula is C19H31LiNO5P. The third-order valence-electron chi connectivity index (χ3n) is 5.08. The molecule has 0 aliphatic heterocycles. The topological polar surface area (TPSA) is 107 Å². The summed E-state index contributed by atoms with van der Waals surface area (Å²) in [5, 5.41) is 22.2. The number of rotatable bonds is 9. The van der Waals surface area contributed by atoms with Gasteiger partial charge in [0, 0.05) is 18.7 Å². The third kappa shape index (κ3) is 8.52. The zero-order chi connectivity index (χ0) is 19.2. The second-order valence-electron chi connectivity index (χ2n) is 7.43. The van der Waals surface area contributed by atoms with Crippen LogP contribution < -0.4 is 5.32 Å². The van der Waals surface area contributed by atoms with E-state index in [0.717, 1.165) is 31.2 Å². The van der Waals surface area contributed by atoms with Crippen LogP contribution in [-0.4, -0.2) is 64.9 Å². The first-order valence-electron chi connectivity index (χ1n) is 9.32. The average Bonchev–Trinajstić information content (AvgIpc) is 2.59. The number of hydrogen-bond donors (Lipinski definition) is 4. The summed E-state index contributed by atoms with van der Waals surface area (Å²) in [6.45, 7) is 2.13. The Morgan fingerprint density at radius 2 is 1.81 bits per heavy atom. The van der Waals surface area contributed by atoms with Crippen LogP contribution in [-0.2, 0) is 4.57 Å². The monoisotopic (exact) mass is 391 g/mol. The van der Waals surface area contributed by atoms with Gasteiger partial charge >= 0.3 is 24.8 Å². The van der Waals surface area contributed by atoms with Crippen molar-refractivity contribution in [2.75, 3.05) is 18.9 Å². The van der Waals surface area contributed by atoms with E-state index in [1.54, 1.807) is 24.3 Å². The first-order valence-corrected chi connectivity index (χ1v) is 11.4. The van der Waals surface area contributed by atoms with Crippen molar-refractivity contribution < 1.29 is 24.5 Å². The van der Waals surface area contributed by atoms with Crippen molar-refractivity contribution in [3.05, 3.63) is 35.4 Å². The summed E-state index contributed by atoms with van der Waals surface area (Å²) < 4.78 is 12.4. The van der Waals surface area contributed by atoms with Gasteiger partial charge in [-0.2, -0.15) is 0 Å². The molecule has 1 aliphatic carbocycles. The molecule has 148 valence electrons. The van der Waals surface area contributed by atoms with Crippen LogP contribution in [0.3, 0.4) is 0 Å². The minimum absolute atomic E-state index is 0. The second-order valence-corrected chi connectivity index (χ2v) is 9.85. The molecule has 8 heteroatoms. The fourth-order valence-corrected chi connectivity index (χ4v) is 5.70. The standard InChI is InChI=1S/C19H30NO5P.Li.H/c1-14(16-7-9-17(10-8-16)19(22)23)20-11-18(21)13-26(24,25)12-15-5-3-2-4-6-15;;/h7-10,14-15,18,20-21H,2-6,11-13H2,1H3,(H,22,23)(H,24,25);;/t14-,18-;;/m1../s1. The normalized spacial score (nSPS) is 19.5. The van der Waals surface area contributed by atoms with Crippen molar-refractivity contribution in [3.63, 3.8) is 0 Å².